The van der Waals surface area contributed by atoms with Crippen LogP contribution >= 0.6 is 0 Å². The van der Waals surface area contributed by atoms with Crippen molar-refractivity contribution in [1.82, 2.24) is 28.9 Å². The van der Waals surface area contributed by atoms with Gasteiger partial charge in [-0.1, -0.05) is 12.1 Å². The van der Waals surface area contributed by atoms with Crippen LogP contribution in [-0.2, 0) is 0 Å². The Kier molecular flexibility index (Phi) is 3.43. The van der Waals surface area contributed by atoms with Gasteiger partial charge in [-0.2, -0.15) is 0 Å². The molecule has 0 aliphatic rings. The summed E-state index contributed by atoms with van der Waals surface area (Å²) < 4.78 is 3.89. The molecule has 0 radical (unpaired) electrons. The molecule has 27 heavy (non-hydrogen) atoms. The number of nitrogen functional groups attached to an aromatic ring is 1. The average molecular weight is 353 g/mol. The number of hydrogen-bond acceptors (Lipinski definition) is 5. The summed E-state index contributed by atoms with van der Waals surface area (Å²) in [6.45, 7) is 0. The van der Waals surface area contributed by atoms with Crippen LogP contribution in [0.15, 0.2) is 79.8 Å². The Bertz CT molecular complexity index is 1240. The van der Waals surface area contributed by atoms with Gasteiger partial charge in [0.05, 0.1) is 5.69 Å². The predicted octanol–water partition coefficient (Wildman–Crippen LogP) is 3.23. The largest absolute Gasteiger partial charge is 0.399 e. The molecule has 7 nitrogen and oxygen atoms in total. The van der Waals surface area contributed by atoms with Gasteiger partial charge < -0.3 is 10.1 Å². The van der Waals surface area contributed by atoms with E-state index < -0.39 is 0 Å². The maximum Gasteiger partial charge on any atom is 0.183 e. The van der Waals surface area contributed by atoms with Crippen LogP contribution in [-0.4, -0.2) is 28.9 Å². The van der Waals surface area contributed by atoms with E-state index in [1.165, 1.54) is 0 Å². The second-order valence-corrected chi connectivity index (χ2v) is 6.09. The van der Waals surface area contributed by atoms with Crippen LogP contribution in [0.3, 0.4) is 0 Å². The molecule has 7 heteroatoms. The van der Waals surface area contributed by atoms with Crippen LogP contribution in [0.4, 0.5) is 5.69 Å². The SMILES string of the molecule is Nc1cccc(-c2cn3ccnc3c(-n3ccnc3-c3ccncc3)n2)c1. The number of nitrogens with two attached hydrogens (primary N) is 1. The molecule has 5 aromatic rings. The van der Waals surface area contributed by atoms with E-state index in [9.17, 15) is 0 Å². The Hall–Kier alpha value is -4.00. The molecule has 0 aliphatic carbocycles. The highest BCUT2D eigenvalue weighted by Crippen LogP contribution is 2.26. The fraction of sp³-hybridized carbons (Fsp3) is 0. The summed E-state index contributed by atoms with van der Waals surface area (Å²) in [6, 6.07) is 11.5. The Balaban J connectivity index is 1.75. The summed E-state index contributed by atoms with van der Waals surface area (Å²) in [5.41, 5.74) is 10.1. The van der Waals surface area contributed by atoms with Gasteiger partial charge in [-0.25, -0.2) is 15.0 Å². The van der Waals surface area contributed by atoms with Crippen LogP contribution in [0.25, 0.3) is 34.1 Å². The zero-order valence-corrected chi connectivity index (χ0v) is 14.3. The predicted molar refractivity (Wildman–Crippen MR) is 103 cm³/mol. The molecule has 0 unspecified atom stereocenters. The van der Waals surface area contributed by atoms with E-state index in [1.807, 2.05) is 64.0 Å². The van der Waals surface area contributed by atoms with Crippen LogP contribution < -0.4 is 5.73 Å². The third-order valence-electron chi connectivity index (χ3n) is 4.35. The lowest BCUT2D eigenvalue weighted by Gasteiger charge is -2.11. The van der Waals surface area contributed by atoms with Crippen molar-refractivity contribution in [2.24, 2.45) is 0 Å². The lowest BCUT2D eigenvalue weighted by atomic mass is 10.1. The third kappa shape index (κ3) is 2.62. The summed E-state index contributed by atoms with van der Waals surface area (Å²) in [6.07, 6.45) is 12.7. The Morgan fingerprint density at radius 3 is 2.56 bits per heavy atom. The summed E-state index contributed by atoms with van der Waals surface area (Å²) in [4.78, 5) is 17.9. The summed E-state index contributed by atoms with van der Waals surface area (Å²) in [7, 11) is 0. The molecule has 2 N–H and O–H groups in total. The lowest BCUT2D eigenvalue weighted by Crippen LogP contribution is -2.04. The van der Waals surface area contributed by atoms with Crippen molar-refractivity contribution in [2.45, 2.75) is 0 Å². The van der Waals surface area contributed by atoms with E-state index in [1.54, 1.807) is 24.8 Å². The van der Waals surface area contributed by atoms with Crippen molar-refractivity contribution in [3.63, 3.8) is 0 Å². The minimum absolute atomic E-state index is 0.696. The second kappa shape index (κ2) is 6.06. The highest BCUT2D eigenvalue weighted by Gasteiger charge is 2.15. The first-order valence-corrected chi connectivity index (χ1v) is 8.43. The number of hydrogen-bond donors (Lipinski definition) is 1. The van der Waals surface area contributed by atoms with Crippen molar-refractivity contribution in [3.05, 3.63) is 79.8 Å². The minimum Gasteiger partial charge on any atom is -0.399 e. The Labute approximate surface area is 154 Å². The first-order valence-electron chi connectivity index (χ1n) is 8.43. The average Bonchev–Trinajstić information content (AvgIpc) is 3.37. The maximum absolute atomic E-state index is 5.95. The van der Waals surface area contributed by atoms with E-state index in [-0.39, 0.29) is 0 Å². The molecule has 0 aliphatic heterocycles. The van der Waals surface area contributed by atoms with E-state index >= 15 is 0 Å². The fourth-order valence-electron chi connectivity index (χ4n) is 3.10. The number of fused-ring (bicyclic) bond motifs is 1. The molecular weight excluding hydrogens is 338 g/mol. The third-order valence-corrected chi connectivity index (χ3v) is 4.35. The van der Waals surface area contributed by atoms with Crippen LogP contribution in [0.1, 0.15) is 0 Å². The highest BCUT2D eigenvalue weighted by molar-refractivity contribution is 5.69. The molecule has 4 aromatic heterocycles. The summed E-state index contributed by atoms with van der Waals surface area (Å²) in [5, 5.41) is 0. The molecule has 1 aromatic carbocycles. The number of aromatic nitrogens is 6. The summed E-state index contributed by atoms with van der Waals surface area (Å²) >= 11 is 0. The number of benzene rings is 1. The molecule has 0 bridgehead atoms. The summed E-state index contributed by atoms with van der Waals surface area (Å²) in [5.74, 6) is 1.48. The quantitative estimate of drug-likeness (QED) is 0.503. The molecule has 0 spiro atoms. The van der Waals surface area contributed by atoms with E-state index in [0.29, 0.717) is 11.5 Å². The first kappa shape index (κ1) is 15.3. The Morgan fingerprint density at radius 2 is 1.70 bits per heavy atom. The highest BCUT2D eigenvalue weighted by atomic mass is 15.2. The van der Waals surface area contributed by atoms with Crippen LogP contribution in [0.2, 0.25) is 0 Å². The number of imidazole rings is 2. The molecule has 0 amide bonds. The minimum atomic E-state index is 0.696. The van der Waals surface area contributed by atoms with Gasteiger partial charge in [-0.3, -0.25) is 9.55 Å². The molecule has 0 saturated heterocycles. The van der Waals surface area contributed by atoms with Crippen molar-refractivity contribution in [2.75, 3.05) is 5.73 Å². The Morgan fingerprint density at radius 1 is 0.852 bits per heavy atom. The van der Waals surface area contributed by atoms with Gasteiger partial charge in [0.1, 0.15) is 5.82 Å². The lowest BCUT2D eigenvalue weighted by molar-refractivity contribution is 0.979. The van der Waals surface area contributed by atoms with Crippen molar-refractivity contribution >= 4 is 11.3 Å². The van der Waals surface area contributed by atoms with Crippen LogP contribution in [0, 0.1) is 0 Å². The molecule has 130 valence electrons. The van der Waals surface area contributed by atoms with Gasteiger partial charge in [-0.05, 0) is 24.3 Å². The van der Waals surface area contributed by atoms with Crippen molar-refractivity contribution in [3.8, 4) is 28.5 Å². The second-order valence-electron chi connectivity index (χ2n) is 6.09. The zero-order valence-electron chi connectivity index (χ0n) is 14.3. The van der Waals surface area contributed by atoms with Crippen molar-refractivity contribution < 1.29 is 0 Å². The number of anilines is 1. The fourth-order valence-corrected chi connectivity index (χ4v) is 3.10. The number of nitrogens with zero attached hydrogens (tertiary/aromatic N) is 6. The topological polar surface area (TPSA) is 86.9 Å². The van der Waals surface area contributed by atoms with Gasteiger partial charge in [0, 0.05) is 60.2 Å². The van der Waals surface area contributed by atoms with Crippen molar-refractivity contribution in [1.29, 1.82) is 0 Å². The molecule has 4 heterocycles. The van der Waals surface area contributed by atoms with Gasteiger partial charge in [0.2, 0.25) is 0 Å². The molecule has 5 rings (SSSR count). The normalized spacial score (nSPS) is 11.1. The van der Waals surface area contributed by atoms with E-state index in [2.05, 4.69) is 15.0 Å². The van der Waals surface area contributed by atoms with E-state index in [4.69, 9.17) is 10.7 Å². The van der Waals surface area contributed by atoms with Gasteiger partial charge >= 0.3 is 0 Å². The molecular formula is C20H15N7. The number of rotatable bonds is 3. The maximum atomic E-state index is 5.95. The standard InChI is InChI=1S/C20H15N7/c21-16-3-1-2-15(12-16)17-13-26-10-8-24-19(26)20(25-17)27-11-9-23-18(27)14-4-6-22-7-5-14/h1-13H,21H2. The van der Waals surface area contributed by atoms with E-state index in [0.717, 1.165) is 28.3 Å². The zero-order chi connectivity index (χ0) is 18.2. The van der Waals surface area contributed by atoms with Gasteiger partial charge in [0.25, 0.3) is 0 Å². The molecule has 0 saturated carbocycles. The molecule has 0 fully saturated rings. The van der Waals surface area contributed by atoms with Crippen LogP contribution in [0.5, 0.6) is 0 Å². The van der Waals surface area contributed by atoms with Gasteiger partial charge in [-0.15, -0.1) is 0 Å². The smallest absolute Gasteiger partial charge is 0.183 e. The molecule has 0 atom stereocenters. The first-order chi connectivity index (χ1) is 13.3. The number of pyridine rings is 1. The van der Waals surface area contributed by atoms with Gasteiger partial charge in [0.15, 0.2) is 11.5 Å². The monoisotopic (exact) mass is 353 g/mol.